The lowest BCUT2D eigenvalue weighted by atomic mass is 10.1. The Morgan fingerprint density at radius 1 is 1.17 bits per heavy atom. The number of esters is 1. The number of amides is 1. The van der Waals surface area contributed by atoms with Gasteiger partial charge in [0.05, 0.1) is 23.6 Å². The third-order valence-electron chi connectivity index (χ3n) is 3.48. The Balaban J connectivity index is 2.38. The first kappa shape index (κ1) is 17.5. The fourth-order valence-electron chi connectivity index (χ4n) is 2.54. The monoisotopic (exact) mass is 328 g/mol. The molecule has 2 aromatic rings. The molecule has 0 radical (unpaired) electrons. The number of carbonyl (C=O) groups excluding carboxylic acids is 3. The summed E-state index contributed by atoms with van der Waals surface area (Å²) in [5.74, 6) is -1.29. The summed E-state index contributed by atoms with van der Waals surface area (Å²) < 4.78 is 4.77. The van der Waals surface area contributed by atoms with Crippen LogP contribution < -0.4 is 5.32 Å². The van der Waals surface area contributed by atoms with E-state index in [9.17, 15) is 14.4 Å². The molecule has 6 nitrogen and oxygen atoms in total. The van der Waals surface area contributed by atoms with Crippen LogP contribution in [0.3, 0.4) is 0 Å². The van der Waals surface area contributed by atoms with Gasteiger partial charge in [0.2, 0.25) is 5.91 Å². The molecule has 126 valence electrons. The van der Waals surface area contributed by atoms with Gasteiger partial charge >= 0.3 is 5.97 Å². The highest BCUT2D eigenvalue weighted by Crippen LogP contribution is 2.33. The van der Waals surface area contributed by atoms with Crippen LogP contribution in [-0.4, -0.2) is 29.3 Å². The molecule has 24 heavy (non-hydrogen) atoms. The van der Waals surface area contributed by atoms with E-state index in [0.717, 1.165) is 5.56 Å². The molecule has 0 spiro atoms. The third-order valence-corrected chi connectivity index (χ3v) is 3.48. The summed E-state index contributed by atoms with van der Waals surface area (Å²) in [6.07, 6.45) is -0.399. The van der Waals surface area contributed by atoms with E-state index in [1.807, 2.05) is 30.3 Å². The van der Waals surface area contributed by atoms with Gasteiger partial charge in [0.15, 0.2) is 5.78 Å². The van der Waals surface area contributed by atoms with Crippen LogP contribution in [0.1, 0.15) is 36.3 Å². The van der Waals surface area contributed by atoms with Gasteiger partial charge in [-0.05, 0) is 20.8 Å². The van der Waals surface area contributed by atoms with Gasteiger partial charge in [-0.15, -0.1) is 0 Å². The number of nitrogens with one attached hydrogen (secondary N) is 2. The summed E-state index contributed by atoms with van der Waals surface area (Å²) >= 11 is 0. The lowest BCUT2D eigenvalue weighted by molar-refractivity contribution is -0.145. The molecule has 6 heteroatoms. The zero-order valence-corrected chi connectivity index (χ0v) is 13.9. The summed E-state index contributed by atoms with van der Waals surface area (Å²) in [6.45, 7) is 5.09. The van der Waals surface area contributed by atoms with E-state index in [1.165, 1.54) is 6.92 Å². The number of hydrogen-bond donors (Lipinski definition) is 2. The van der Waals surface area contributed by atoms with E-state index in [2.05, 4.69) is 10.3 Å². The van der Waals surface area contributed by atoms with E-state index in [0.29, 0.717) is 22.6 Å². The molecule has 0 aliphatic carbocycles. The zero-order chi connectivity index (χ0) is 17.7. The molecule has 1 aromatic carbocycles. The number of ketones is 1. The molecule has 1 aromatic heterocycles. The summed E-state index contributed by atoms with van der Waals surface area (Å²) in [6, 6.07) is 9.35. The molecule has 0 atom stereocenters. The van der Waals surface area contributed by atoms with Crippen molar-refractivity contribution in [3.05, 3.63) is 41.6 Å². The fraction of sp³-hybridized carbons (Fsp3) is 0.278. The summed E-state index contributed by atoms with van der Waals surface area (Å²) in [7, 11) is 0. The first-order chi connectivity index (χ1) is 11.4. The van der Waals surface area contributed by atoms with Gasteiger partial charge in [-0.2, -0.15) is 0 Å². The minimum Gasteiger partial charge on any atom is -0.466 e. The zero-order valence-electron chi connectivity index (χ0n) is 13.9. The number of anilines is 1. The highest BCUT2D eigenvalue weighted by Gasteiger charge is 2.22. The topological polar surface area (TPSA) is 88.3 Å². The first-order valence-electron chi connectivity index (χ1n) is 7.68. The maximum absolute atomic E-state index is 12.1. The second kappa shape index (κ2) is 7.59. The van der Waals surface area contributed by atoms with Crippen molar-refractivity contribution in [3.63, 3.8) is 0 Å². The molecule has 0 aliphatic rings. The average molecular weight is 328 g/mol. The minimum atomic E-state index is -0.604. The molecule has 2 N–H and O–H groups in total. The Bertz CT molecular complexity index is 763. The molecule has 0 saturated carbocycles. The van der Waals surface area contributed by atoms with Crippen molar-refractivity contribution in [2.24, 2.45) is 0 Å². The predicted octanol–water partition coefficient (Wildman–Crippen LogP) is 3.08. The number of aromatic nitrogens is 1. The molecule has 0 fully saturated rings. The van der Waals surface area contributed by atoms with Crippen molar-refractivity contribution in [2.75, 3.05) is 11.9 Å². The fourth-order valence-corrected chi connectivity index (χ4v) is 2.54. The van der Waals surface area contributed by atoms with E-state index >= 15 is 0 Å². The standard InChI is InChI=1S/C18H20N2O4/c1-4-24-15(23)10-14(22)20-18-16(12(3)21)11(2)19-17(18)13-8-6-5-7-9-13/h5-9,19H,4,10H2,1-3H3,(H,20,22). The largest absolute Gasteiger partial charge is 0.466 e. The van der Waals surface area contributed by atoms with Crippen LogP contribution in [0.25, 0.3) is 11.3 Å². The second-order valence-electron chi connectivity index (χ2n) is 5.33. The Labute approximate surface area is 140 Å². The number of aryl methyl sites for hydroxylation is 1. The van der Waals surface area contributed by atoms with Crippen LogP contribution in [-0.2, 0) is 14.3 Å². The Morgan fingerprint density at radius 2 is 1.83 bits per heavy atom. The lowest BCUT2D eigenvalue weighted by Gasteiger charge is -2.09. The number of Topliss-reactive ketones (excluding diaryl/α,β-unsaturated/α-hetero) is 1. The van der Waals surface area contributed by atoms with Crippen LogP contribution >= 0.6 is 0 Å². The van der Waals surface area contributed by atoms with Gasteiger partial charge in [0.25, 0.3) is 0 Å². The number of aromatic amines is 1. The van der Waals surface area contributed by atoms with Crippen molar-refractivity contribution in [1.82, 2.24) is 4.98 Å². The van der Waals surface area contributed by atoms with E-state index < -0.39 is 18.3 Å². The number of rotatable bonds is 6. The normalized spacial score (nSPS) is 10.3. The second-order valence-corrected chi connectivity index (χ2v) is 5.33. The van der Waals surface area contributed by atoms with Crippen LogP contribution in [0.15, 0.2) is 30.3 Å². The molecule has 0 aliphatic heterocycles. The number of hydrogen-bond acceptors (Lipinski definition) is 4. The summed E-state index contributed by atoms with van der Waals surface area (Å²) in [4.78, 5) is 38.7. The minimum absolute atomic E-state index is 0.169. The van der Waals surface area contributed by atoms with Gasteiger partial charge in [-0.3, -0.25) is 14.4 Å². The van der Waals surface area contributed by atoms with Gasteiger partial charge in [0.1, 0.15) is 6.42 Å². The van der Waals surface area contributed by atoms with Gasteiger partial charge in [0, 0.05) is 11.3 Å². The number of carbonyl (C=O) groups is 3. The molecule has 0 saturated heterocycles. The van der Waals surface area contributed by atoms with Crippen molar-refractivity contribution >= 4 is 23.3 Å². The van der Waals surface area contributed by atoms with Crippen LogP contribution in [0, 0.1) is 6.92 Å². The summed E-state index contributed by atoms with van der Waals surface area (Å²) in [5, 5.41) is 2.68. The Hall–Kier alpha value is -2.89. The number of H-pyrrole nitrogens is 1. The van der Waals surface area contributed by atoms with E-state index in [-0.39, 0.29) is 12.4 Å². The smallest absolute Gasteiger partial charge is 0.315 e. The van der Waals surface area contributed by atoms with Gasteiger partial charge < -0.3 is 15.0 Å². The lowest BCUT2D eigenvalue weighted by Crippen LogP contribution is -2.19. The Morgan fingerprint density at radius 3 is 2.42 bits per heavy atom. The Kier molecular flexibility index (Phi) is 5.52. The van der Waals surface area contributed by atoms with E-state index in [1.54, 1.807) is 13.8 Å². The highest BCUT2D eigenvalue weighted by molar-refractivity contribution is 6.10. The number of ether oxygens (including phenoxy) is 1. The predicted molar refractivity (Wildman–Crippen MR) is 90.8 cm³/mol. The summed E-state index contributed by atoms with van der Waals surface area (Å²) in [5.41, 5.74) is 2.93. The number of benzene rings is 1. The third kappa shape index (κ3) is 3.90. The molecular formula is C18H20N2O4. The van der Waals surface area contributed by atoms with Gasteiger partial charge in [-0.25, -0.2) is 0 Å². The maximum atomic E-state index is 12.1. The molecule has 0 unspecified atom stereocenters. The van der Waals surface area contributed by atoms with Crippen molar-refractivity contribution in [3.8, 4) is 11.3 Å². The SMILES string of the molecule is CCOC(=O)CC(=O)Nc1c(-c2ccccc2)[nH]c(C)c1C(C)=O. The molecule has 0 bridgehead atoms. The quantitative estimate of drug-likeness (QED) is 0.484. The van der Waals surface area contributed by atoms with Crippen molar-refractivity contribution in [2.45, 2.75) is 27.2 Å². The van der Waals surface area contributed by atoms with Gasteiger partial charge in [-0.1, -0.05) is 30.3 Å². The molecule has 1 heterocycles. The van der Waals surface area contributed by atoms with Crippen LogP contribution in [0.5, 0.6) is 0 Å². The maximum Gasteiger partial charge on any atom is 0.315 e. The average Bonchev–Trinajstić information content (AvgIpc) is 2.84. The van der Waals surface area contributed by atoms with E-state index in [4.69, 9.17) is 4.74 Å². The van der Waals surface area contributed by atoms with Crippen molar-refractivity contribution in [1.29, 1.82) is 0 Å². The molecule has 1 amide bonds. The first-order valence-corrected chi connectivity index (χ1v) is 7.68. The van der Waals surface area contributed by atoms with Crippen LogP contribution in [0.2, 0.25) is 0 Å². The van der Waals surface area contributed by atoms with Crippen molar-refractivity contribution < 1.29 is 19.1 Å². The highest BCUT2D eigenvalue weighted by atomic mass is 16.5. The van der Waals surface area contributed by atoms with Crippen LogP contribution in [0.4, 0.5) is 5.69 Å². The molecule has 2 rings (SSSR count). The molecular weight excluding hydrogens is 308 g/mol.